The molecule has 2 unspecified atom stereocenters. The van der Waals surface area contributed by atoms with Crippen LogP contribution in [0.15, 0.2) is 29.4 Å². The first-order chi connectivity index (χ1) is 12.6. The Morgan fingerprint density at radius 3 is 2.88 bits per heavy atom. The largest absolute Gasteiger partial charge is 0.490 e. The van der Waals surface area contributed by atoms with Crippen LogP contribution < -0.4 is 4.74 Å². The molecule has 26 heavy (non-hydrogen) atoms. The van der Waals surface area contributed by atoms with E-state index in [1.54, 1.807) is 11.7 Å². The van der Waals surface area contributed by atoms with Crippen molar-refractivity contribution in [2.24, 2.45) is 18.1 Å². The summed E-state index contributed by atoms with van der Waals surface area (Å²) in [5, 5.41) is 20.9. The first kappa shape index (κ1) is 17.8. The lowest BCUT2D eigenvalue weighted by Gasteiger charge is -2.27. The zero-order valence-corrected chi connectivity index (χ0v) is 14.4. The maximum Gasteiger partial charge on any atom is 0.306 e. The highest BCUT2D eigenvalue weighted by atomic mass is 16.5. The summed E-state index contributed by atoms with van der Waals surface area (Å²) in [6, 6.07) is 7.42. The molecule has 0 spiro atoms. The number of aliphatic carboxylic acids is 1. The Morgan fingerprint density at radius 1 is 1.42 bits per heavy atom. The average Bonchev–Trinajstić information content (AvgIpc) is 3.01. The Hall–Kier alpha value is -3.06. The average molecular weight is 356 g/mol. The van der Waals surface area contributed by atoms with Crippen molar-refractivity contribution in [3.8, 4) is 17.0 Å². The molecule has 1 N–H and O–H groups in total. The van der Waals surface area contributed by atoms with E-state index in [-0.39, 0.29) is 18.6 Å². The van der Waals surface area contributed by atoms with Gasteiger partial charge in [-0.2, -0.15) is 0 Å². The van der Waals surface area contributed by atoms with E-state index in [2.05, 4.69) is 20.3 Å². The van der Waals surface area contributed by atoms with E-state index < -0.39 is 5.97 Å². The van der Waals surface area contributed by atoms with Gasteiger partial charge in [-0.25, -0.2) is 0 Å². The molecule has 1 aromatic heterocycles. The molecular weight excluding hydrogens is 336 g/mol. The highest BCUT2D eigenvalue weighted by molar-refractivity contribution is 5.70. The Morgan fingerprint density at radius 2 is 2.19 bits per heavy atom. The number of carboxylic acids is 1. The number of aromatic nitrogens is 3. The molecule has 2 atom stereocenters. The number of azide groups is 1. The lowest BCUT2D eigenvalue weighted by molar-refractivity contribution is -0.143. The summed E-state index contributed by atoms with van der Waals surface area (Å²) in [6.07, 6.45) is 2.91. The fourth-order valence-corrected chi connectivity index (χ4v) is 3.24. The number of benzene rings is 1. The first-order valence-electron chi connectivity index (χ1n) is 8.47. The molecule has 2 aromatic rings. The molecule has 0 amide bonds. The van der Waals surface area contributed by atoms with Crippen molar-refractivity contribution in [1.82, 2.24) is 15.0 Å². The number of nitrogens with zero attached hydrogens (tertiary/aromatic N) is 6. The van der Waals surface area contributed by atoms with Gasteiger partial charge in [0.1, 0.15) is 11.4 Å². The maximum absolute atomic E-state index is 11.2. The molecule has 0 radical (unpaired) electrons. The standard InChI is InChI=1S/C17H20N6O3/c1-23-15(10-19-21-18)16(20-22-23)11-5-7-13(8-6-11)26-14-4-2-3-12(9-14)17(24)25/h5-8,12,14H,2-4,9-10H2,1H3,(H,24,25). The molecule has 1 aliphatic carbocycles. The molecule has 1 heterocycles. The monoisotopic (exact) mass is 356 g/mol. The SMILES string of the molecule is Cn1nnc(-c2ccc(OC3CCCC(C(=O)O)C3)cc2)c1CN=[N+]=[N-]. The van der Waals surface area contributed by atoms with Crippen LogP contribution in [0.5, 0.6) is 5.75 Å². The van der Waals surface area contributed by atoms with Crippen LogP contribution >= 0.6 is 0 Å². The Labute approximate surface area is 150 Å². The lowest BCUT2D eigenvalue weighted by Crippen LogP contribution is -2.29. The number of carbonyl (C=O) groups is 1. The predicted octanol–water partition coefficient (Wildman–Crippen LogP) is 3.31. The second-order valence-electron chi connectivity index (χ2n) is 6.36. The van der Waals surface area contributed by atoms with Crippen LogP contribution in [-0.2, 0) is 18.4 Å². The summed E-state index contributed by atoms with van der Waals surface area (Å²) in [7, 11) is 1.75. The normalized spacial score (nSPS) is 19.6. The number of ether oxygens (including phenoxy) is 1. The summed E-state index contributed by atoms with van der Waals surface area (Å²) >= 11 is 0. The molecule has 0 aliphatic heterocycles. The van der Waals surface area contributed by atoms with Crippen LogP contribution in [0.3, 0.4) is 0 Å². The van der Waals surface area contributed by atoms with E-state index in [1.807, 2.05) is 24.3 Å². The predicted molar refractivity (Wildman–Crippen MR) is 93.3 cm³/mol. The van der Waals surface area contributed by atoms with E-state index in [1.165, 1.54) is 0 Å². The highest BCUT2D eigenvalue weighted by Gasteiger charge is 2.28. The fraction of sp³-hybridized carbons (Fsp3) is 0.471. The smallest absolute Gasteiger partial charge is 0.306 e. The molecular formula is C17H20N6O3. The van der Waals surface area contributed by atoms with E-state index in [0.29, 0.717) is 17.9 Å². The molecule has 1 aliphatic rings. The van der Waals surface area contributed by atoms with E-state index in [0.717, 1.165) is 30.5 Å². The number of carboxylic acid groups (broad SMARTS) is 1. The molecule has 0 saturated heterocycles. The minimum atomic E-state index is -0.746. The molecule has 1 fully saturated rings. The molecule has 9 nitrogen and oxygen atoms in total. The number of hydrogen-bond donors (Lipinski definition) is 1. The summed E-state index contributed by atoms with van der Waals surface area (Å²) in [4.78, 5) is 13.9. The van der Waals surface area contributed by atoms with Crippen LogP contribution in [0.4, 0.5) is 0 Å². The fourth-order valence-electron chi connectivity index (χ4n) is 3.24. The molecule has 1 aromatic carbocycles. The van der Waals surface area contributed by atoms with Crippen LogP contribution in [0.25, 0.3) is 21.7 Å². The van der Waals surface area contributed by atoms with E-state index in [4.69, 9.17) is 10.3 Å². The first-order valence-corrected chi connectivity index (χ1v) is 8.47. The van der Waals surface area contributed by atoms with Crippen molar-refractivity contribution in [3.63, 3.8) is 0 Å². The summed E-state index contributed by atoms with van der Waals surface area (Å²) in [5.74, 6) is -0.370. The number of aryl methyl sites for hydroxylation is 1. The quantitative estimate of drug-likeness (QED) is 0.482. The van der Waals surface area contributed by atoms with Gasteiger partial charge in [0.05, 0.1) is 24.3 Å². The van der Waals surface area contributed by atoms with Gasteiger partial charge in [-0.15, -0.1) is 5.10 Å². The van der Waals surface area contributed by atoms with Crippen molar-refractivity contribution in [2.75, 3.05) is 0 Å². The zero-order valence-electron chi connectivity index (χ0n) is 14.4. The number of rotatable bonds is 6. The number of hydrogen-bond acceptors (Lipinski definition) is 5. The maximum atomic E-state index is 11.2. The molecule has 0 bridgehead atoms. The zero-order chi connectivity index (χ0) is 18.5. The van der Waals surface area contributed by atoms with Crippen LogP contribution in [0, 0.1) is 5.92 Å². The Balaban J connectivity index is 1.71. The second-order valence-corrected chi connectivity index (χ2v) is 6.36. The third-order valence-corrected chi connectivity index (χ3v) is 4.63. The molecule has 3 rings (SSSR count). The molecule has 1 saturated carbocycles. The third-order valence-electron chi connectivity index (χ3n) is 4.63. The van der Waals surface area contributed by atoms with Crippen molar-refractivity contribution >= 4 is 5.97 Å². The van der Waals surface area contributed by atoms with Crippen LogP contribution in [0.2, 0.25) is 0 Å². The van der Waals surface area contributed by atoms with Crippen molar-refractivity contribution in [1.29, 1.82) is 0 Å². The minimum Gasteiger partial charge on any atom is -0.490 e. The lowest BCUT2D eigenvalue weighted by atomic mass is 9.87. The van der Waals surface area contributed by atoms with Gasteiger partial charge >= 0.3 is 5.97 Å². The van der Waals surface area contributed by atoms with Gasteiger partial charge in [-0.05, 0) is 55.5 Å². The summed E-state index contributed by atoms with van der Waals surface area (Å²) < 4.78 is 7.54. The van der Waals surface area contributed by atoms with Gasteiger partial charge in [0, 0.05) is 17.5 Å². The van der Waals surface area contributed by atoms with Crippen molar-refractivity contribution in [2.45, 2.75) is 38.3 Å². The highest BCUT2D eigenvalue weighted by Crippen LogP contribution is 2.29. The van der Waals surface area contributed by atoms with Gasteiger partial charge < -0.3 is 9.84 Å². The van der Waals surface area contributed by atoms with Crippen molar-refractivity contribution < 1.29 is 14.6 Å². The van der Waals surface area contributed by atoms with Crippen LogP contribution in [-0.4, -0.2) is 32.2 Å². The van der Waals surface area contributed by atoms with E-state index in [9.17, 15) is 9.90 Å². The second kappa shape index (κ2) is 7.88. The van der Waals surface area contributed by atoms with Gasteiger partial charge in [-0.1, -0.05) is 10.3 Å². The topological polar surface area (TPSA) is 126 Å². The Bertz CT molecular complexity index is 826. The summed E-state index contributed by atoms with van der Waals surface area (Å²) in [6.45, 7) is 0.173. The van der Waals surface area contributed by atoms with Crippen LogP contribution in [0.1, 0.15) is 31.4 Å². The van der Waals surface area contributed by atoms with Crippen molar-refractivity contribution in [3.05, 3.63) is 40.4 Å². The molecule has 9 heteroatoms. The van der Waals surface area contributed by atoms with Gasteiger partial charge in [0.2, 0.25) is 0 Å². The third kappa shape index (κ3) is 3.94. The minimum absolute atomic E-state index is 0.0762. The van der Waals surface area contributed by atoms with Gasteiger partial charge in [-0.3, -0.25) is 9.48 Å². The van der Waals surface area contributed by atoms with Gasteiger partial charge in [0.15, 0.2) is 0 Å². The molecule has 136 valence electrons. The van der Waals surface area contributed by atoms with E-state index >= 15 is 0 Å². The summed E-state index contributed by atoms with van der Waals surface area (Å²) in [5.41, 5.74) is 10.8. The van der Waals surface area contributed by atoms with Gasteiger partial charge in [0.25, 0.3) is 0 Å². The Kier molecular flexibility index (Phi) is 5.38.